The first-order chi connectivity index (χ1) is 47.2. The second-order valence-corrected chi connectivity index (χ2v) is 25.5. The zero-order valence-corrected chi connectivity index (χ0v) is 53.3. The fourth-order valence-electron chi connectivity index (χ4n) is 15.6. The number of nitrogens with zero attached hydrogens (tertiary/aromatic N) is 7. The van der Waals surface area contributed by atoms with Crippen molar-refractivity contribution in [1.29, 1.82) is 10.5 Å². The summed E-state index contributed by atoms with van der Waals surface area (Å²) in [6.45, 7) is 8.65. The summed E-state index contributed by atoms with van der Waals surface area (Å²) in [6, 6.07) is 108. The molecule has 0 fully saturated rings. The lowest BCUT2D eigenvalue weighted by atomic mass is 9.81. The minimum atomic E-state index is 0.269. The average Bonchev–Trinajstić information content (AvgIpc) is 0.990. The van der Waals surface area contributed by atoms with Gasteiger partial charge in [0.2, 0.25) is 0 Å². The van der Waals surface area contributed by atoms with Crippen molar-refractivity contribution in [2.45, 2.75) is 27.7 Å². The summed E-state index contributed by atoms with van der Waals surface area (Å²) in [7, 11) is 0. The molecule has 0 spiro atoms. The lowest BCUT2D eigenvalue weighted by Gasteiger charge is -2.28. The summed E-state index contributed by atoms with van der Waals surface area (Å²) in [5.74, 6) is 0. The SMILES string of the molecule is Cc1ccc2c(c1)c1ccccc1n2-c1ccccc1-c1nc(-c2ccccc2-n2c3ccccc3c3cc(C)ccc32)c(-c2ccccc2-n2c3ccccc3c3cc(C)ccc32)c(-c2ccc(C#N)c(C#N)c2)c1-c1ccccc1-n1c2ccccc2c2cc(C)ccc21. The smallest absolute Gasteiger partial charge is 0.101 e. The molecule has 0 saturated carbocycles. The van der Waals surface area contributed by atoms with E-state index in [0.29, 0.717) is 5.56 Å². The van der Waals surface area contributed by atoms with Crippen molar-refractivity contribution in [2.24, 2.45) is 0 Å². The molecule has 0 aliphatic carbocycles. The molecular weight excluding hydrogens is 1170 g/mol. The predicted octanol–water partition coefficient (Wildman–Crippen LogP) is 22.8. The number of hydrogen-bond donors (Lipinski definition) is 0. The van der Waals surface area contributed by atoms with Crippen LogP contribution in [0.4, 0.5) is 0 Å². The number of pyridine rings is 1. The largest absolute Gasteiger partial charge is 0.309 e. The second-order valence-electron chi connectivity index (χ2n) is 25.5. The zero-order chi connectivity index (χ0) is 64.4. The van der Waals surface area contributed by atoms with Gasteiger partial charge in [-0.3, -0.25) is 0 Å². The van der Waals surface area contributed by atoms with Crippen molar-refractivity contribution in [3.8, 4) is 90.8 Å². The molecule has 96 heavy (non-hydrogen) atoms. The Kier molecular flexibility index (Phi) is 12.8. The van der Waals surface area contributed by atoms with E-state index >= 15 is 0 Å². The first-order valence-corrected chi connectivity index (χ1v) is 32.6. The maximum atomic E-state index is 11.4. The summed E-state index contributed by atoms with van der Waals surface area (Å²) >= 11 is 0. The molecule has 13 aromatic carbocycles. The third kappa shape index (κ3) is 8.48. The molecule has 0 unspecified atom stereocenters. The molecule has 18 aromatic rings. The van der Waals surface area contributed by atoms with E-state index in [4.69, 9.17) is 4.98 Å². The fourth-order valence-corrected chi connectivity index (χ4v) is 15.6. The van der Waals surface area contributed by atoms with Gasteiger partial charge >= 0.3 is 0 Å². The first kappa shape index (κ1) is 56.0. The molecule has 0 amide bonds. The van der Waals surface area contributed by atoms with Crippen molar-refractivity contribution >= 4 is 87.2 Å². The van der Waals surface area contributed by atoms with Crippen molar-refractivity contribution in [3.63, 3.8) is 0 Å². The number of fused-ring (bicyclic) bond motifs is 12. The van der Waals surface area contributed by atoms with Crippen LogP contribution in [0.1, 0.15) is 33.4 Å². The van der Waals surface area contributed by atoms with Crippen LogP contribution in [-0.2, 0) is 0 Å². The zero-order valence-electron chi connectivity index (χ0n) is 53.3. The molecule has 0 atom stereocenters. The molecule has 0 radical (unpaired) electrons. The highest BCUT2D eigenvalue weighted by atomic mass is 15.0. The molecule has 5 heterocycles. The monoisotopic (exact) mass is 1230 g/mol. The first-order valence-electron chi connectivity index (χ1n) is 32.6. The number of rotatable bonds is 9. The van der Waals surface area contributed by atoms with Crippen LogP contribution in [0.25, 0.3) is 166 Å². The molecule has 7 nitrogen and oxygen atoms in total. The summed E-state index contributed by atoms with van der Waals surface area (Å²) in [6.07, 6.45) is 0. The van der Waals surface area contributed by atoms with Gasteiger partial charge in [0.15, 0.2) is 0 Å². The maximum absolute atomic E-state index is 11.4. The Balaban J connectivity index is 1.10. The molecule has 0 aliphatic rings. The van der Waals surface area contributed by atoms with Gasteiger partial charge in [-0.05, 0) is 142 Å². The van der Waals surface area contributed by atoms with Gasteiger partial charge in [0, 0.05) is 82.0 Å². The van der Waals surface area contributed by atoms with Gasteiger partial charge in [-0.2, -0.15) is 10.5 Å². The molecular formula is C89H59N7. The number of aromatic nitrogens is 5. The van der Waals surface area contributed by atoms with Gasteiger partial charge in [0.1, 0.15) is 12.1 Å². The van der Waals surface area contributed by atoms with Crippen molar-refractivity contribution in [2.75, 3.05) is 0 Å². The number of hydrogen-bond acceptors (Lipinski definition) is 3. The Labute approximate surface area is 554 Å². The van der Waals surface area contributed by atoms with Gasteiger partial charge < -0.3 is 18.3 Å². The third-order valence-corrected chi connectivity index (χ3v) is 19.7. The fraction of sp³-hybridized carbons (Fsp3) is 0.0449. The van der Waals surface area contributed by atoms with E-state index in [-0.39, 0.29) is 5.56 Å². The van der Waals surface area contributed by atoms with E-state index in [1.165, 1.54) is 22.3 Å². The number of para-hydroxylation sites is 8. The van der Waals surface area contributed by atoms with Gasteiger partial charge in [-0.15, -0.1) is 0 Å². The van der Waals surface area contributed by atoms with Gasteiger partial charge in [-0.25, -0.2) is 4.98 Å². The van der Waals surface area contributed by atoms with Crippen LogP contribution in [0.15, 0.2) is 285 Å². The molecule has 18 rings (SSSR count). The molecule has 450 valence electrons. The summed E-state index contributed by atoms with van der Waals surface area (Å²) in [4.78, 5) is 6.57. The van der Waals surface area contributed by atoms with E-state index < -0.39 is 0 Å². The van der Waals surface area contributed by atoms with Crippen molar-refractivity contribution < 1.29 is 0 Å². The van der Waals surface area contributed by atoms with E-state index in [9.17, 15) is 10.5 Å². The lowest BCUT2D eigenvalue weighted by molar-refractivity contribution is 1.15. The summed E-state index contributed by atoms with van der Waals surface area (Å²) in [5.41, 5.74) is 25.9. The van der Waals surface area contributed by atoms with Crippen LogP contribution in [0.2, 0.25) is 0 Å². The van der Waals surface area contributed by atoms with Crippen LogP contribution in [-0.4, -0.2) is 23.3 Å². The van der Waals surface area contributed by atoms with Crippen LogP contribution in [0.3, 0.4) is 0 Å². The van der Waals surface area contributed by atoms with E-state index in [1.54, 1.807) is 0 Å². The van der Waals surface area contributed by atoms with Gasteiger partial charge in [0.05, 0.1) is 89.4 Å². The lowest BCUT2D eigenvalue weighted by Crippen LogP contribution is -2.08. The Morgan fingerprint density at radius 1 is 0.250 bits per heavy atom. The highest BCUT2D eigenvalue weighted by Gasteiger charge is 2.33. The molecule has 5 aromatic heterocycles. The van der Waals surface area contributed by atoms with Crippen LogP contribution < -0.4 is 0 Å². The molecule has 0 saturated heterocycles. The highest BCUT2D eigenvalue weighted by Crippen LogP contribution is 2.54. The van der Waals surface area contributed by atoms with Crippen LogP contribution in [0.5, 0.6) is 0 Å². The predicted molar refractivity (Wildman–Crippen MR) is 397 cm³/mol. The van der Waals surface area contributed by atoms with E-state index in [2.05, 4.69) is 331 Å². The normalized spacial score (nSPS) is 11.7. The number of aryl methyl sites for hydroxylation is 4. The quantitative estimate of drug-likeness (QED) is 0.144. The topological polar surface area (TPSA) is 80.2 Å². The number of benzene rings is 13. The van der Waals surface area contributed by atoms with Crippen LogP contribution >= 0.6 is 0 Å². The standard InChI is InChI=1S/C89H59N7/c1-54-37-43-81-69(47-54)61-21-5-13-29-73(61)93(81)77-33-17-9-25-65(77)86-85(58-41-42-59(52-90)60(51-58)53-91)87(66-26-10-18-34-78(66)94-74-30-14-6-22-62(74)70-48-55(2)38-44-82(70)94)89(68-28-12-20-36-80(68)96-76-32-16-8-24-64(76)72-50-57(4)40-46-84(72)96)92-88(86)67-27-11-19-35-79(67)95-75-31-15-7-23-63(75)71-49-56(3)39-45-83(71)95/h5-51H,1-4H3. The van der Waals surface area contributed by atoms with Gasteiger partial charge in [-0.1, -0.05) is 198 Å². The van der Waals surface area contributed by atoms with E-state index in [0.717, 1.165) is 166 Å². The van der Waals surface area contributed by atoms with Gasteiger partial charge in [0.25, 0.3) is 0 Å². The Morgan fingerprint density at radius 3 is 0.865 bits per heavy atom. The average molecular weight is 1230 g/mol. The minimum Gasteiger partial charge on any atom is -0.309 e. The maximum Gasteiger partial charge on any atom is 0.101 e. The molecule has 0 aliphatic heterocycles. The van der Waals surface area contributed by atoms with Crippen LogP contribution in [0, 0.1) is 50.4 Å². The molecule has 7 heteroatoms. The molecule has 0 N–H and O–H groups in total. The molecule has 0 bridgehead atoms. The summed E-state index contributed by atoms with van der Waals surface area (Å²) in [5, 5.41) is 31.5. The van der Waals surface area contributed by atoms with Crippen molar-refractivity contribution in [3.05, 3.63) is 318 Å². The summed E-state index contributed by atoms with van der Waals surface area (Å²) < 4.78 is 9.69. The van der Waals surface area contributed by atoms with Crippen molar-refractivity contribution in [1.82, 2.24) is 23.3 Å². The Hall–Kier alpha value is -12.8. The van der Waals surface area contributed by atoms with E-state index in [1.807, 2.05) is 12.1 Å². The Morgan fingerprint density at radius 2 is 0.531 bits per heavy atom. The second kappa shape index (κ2) is 21.9. The number of nitriles is 2. The minimum absolute atomic E-state index is 0.269. The highest BCUT2D eigenvalue weighted by molar-refractivity contribution is 6.16. The Bertz CT molecular complexity index is 6080. The third-order valence-electron chi connectivity index (χ3n) is 19.7.